The van der Waals surface area contributed by atoms with Gasteiger partial charge in [-0.2, -0.15) is 0 Å². The lowest BCUT2D eigenvalue weighted by Gasteiger charge is -2.61. The number of rotatable bonds is 5. The van der Waals surface area contributed by atoms with Crippen LogP contribution in [-0.2, 0) is 0 Å². The van der Waals surface area contributed by atoms with Gasteiger partial charge >= 0.3 is 0 Å². The highest BCUT2D eigenvalue weighted by molar-refractivity contribution is 6.30. The van der Waals surface area contributed by atoms with E-state index in [-0.39, 0.29) is 5.82 Å². The second-order valence-corrected chi connectivity index (χ2v) is 9.40. The van der Waals surface area contributed by atoms with Gasteiger partial charge in [-0.15, -0.1) is 0 Å². The average Bonchev–Trinajstić information content (AvgIpc) is 2.67. The lowest BCUT2D eigenvalue weighted by Crippen LogP contribution is -2.63. The Morgan fingerprint density at radius 2 is 1.93 bits per heavy atom. The van der Waals surface area contributed by atoms with Crippen molar-refractivity contribution in [2.24, 2.45) is 17.3 Å². The molecular weight excluding hydrogens is 397 g/mol. The molecule has 2 fully saturated rings. The summed E-state index contributed by atoms with van der Waals surface area (Å²) in [4.78, 5) is 6.74. The number of benzene rings is 2. The van der Waals surface area contributed by atoms with E-state index in [1.54, 1.807) is 12.1 Å². The van der Waals surface area contributed by atoms with E-state index in [0.29, 0.717) is 17.3 Å². The molecule has 5 rings (SSSR count). The fourth-order valence-corrected chi connectivity index (χ4v) is 5.22. The van der Waals surface area contributed by atoms with Gasteiger partial charge in [0.25, 0.3) is 0 Å². The Bertz CT molecular complexity index is 1100. The molecule has 2 heterocycles. The number of fused-ring (bicyclic) bond motifs is 1. The molecule has 154 valence electrons. The largest absolute Gasteiger partial charge is 0.370 e. The zero-order valence-electron chi connectivity index (χ0n) is 17.0. The average molecular weight is 422 g/mol. The number of pyridine rings is 1. The maximum Gasteiger partial charge on any atom is 0.124 e. The lowest BCUT2D eigenvalue weighted by atomic mass is 9.54. The van der Waals surface area contributed by atoms with Gasteiger partial charge in [-0.3, -0.25) is 4.98 Å². The van der Waals surface area contributed by atoms with Gasteiger partial charge in [-0.25, -0.2) is 4.39 Å². The van der Waals surface area contributed by atoms with Crippen LogP contribution in [0.3, 0.4) is 0 Å². The molecule has 3 nitrogen and oxygen atoms in total. The highest BCUT2D eigenvalue weighted by Crippen LogP contribution is 2.56. The van der Waals surface area contributed by atoms with Gasteiger partial charge in [0.2, 0.25) is 0 Å². The molecule has 1 spiro atoms. The van der Waals surface area contributed by atoms with Gasteiger partial charge in [0.05, 0.1) is 5.52 Å². The summed E-state index contributed by atoms with van der Waals surface area (Å²) in [6.07, 6.45) is 4.24. The minimum absolute atomic E-state index is 0.212. The van der Waals surface area contributed by atoms with Crippen LogP contribution < -0.4 is 10.2 Å². The molecular formula is C25H25ClFN3. The van der Waals surface area contributed by atoms with Crippen molar-refractivity contribution in [2.75, 3.05) is 23.3 Å². The van der Waals surface area contributed by atoms with E-state index in [9.17, 15) is 4.39 Å². The maximum absolute atomic E-state index is 13.8. The smallest absolute Gasteiger partial charge is 0.124 e. The van der Waals surface area contributed by atoms with Crippen LogP contribution in [0.5, 0.6) is 0 Å². The maximum atomic E-state index is 13.8. The van der Waals surface area contributed by atoms with Gasteiger partial charge in [0.1, 0.15) is 5.82 Å². The third-order valence-electron chi connectivity index (χ3n) is 6.87. The first-order valence-electron chi connectivity index (χ1n) is 10.4. The SMILES string of the molecule is C=C(Nc1ccc(Cl)cc1)C(C)C1CC2(C1)CN(c1ccnc3ccc(F)cc13)C2. The summed E-state index contributed by atoms with van der Waals surface area (Å²) in [5.74, 6) is 0.846. The quantitative estimate of drug-likeness (QED) is 0.509. The van der Waals surface area contributed by atoms with Crippen LogP contribution in [0.1, 0.15) is 19.8 Å². The Balaban J connectivity index is 1.19. The number of allylic oxidation sites excluding steroid dienone is 1. The topological polar surface area (TPSA) is 28.2 Å². The number of hydrogen-bond donors (Lipinski definition) is 1. The Kier molecular flexibility index (Phi) is 4.70. The van der Waals surface area contributed by atoms with Crippen LogP contribution in [0.15, 0.2) is 67.0 Å². The molecule has 1 N–H and O–H groups in total. The molecule has 2 aliphatic rings. The van der Waals surface area contributed by atoms with Crippen molar-refractivity contribution >= 4 is 33.9 Å². The summed E-state index contributed by atoms with van der Waals surface area (Å²) in [6, 6.07) is 14.6. The standard InChI is InChI=1S/C25H25ClFN3/c1-16(17(2)29-21-6-3-19(26)4-7-21)18-12-25(13-18)14-30(15-25)24-9-10-28-23-8-5-20(27)11-22(23)24/h3-11,16,18,29H,2,12-15H2,1H3. The molecule has 0 bridgehead atoms. The molecule has 5 heteroatoms. The van der Waals surface area contributed by atoms with Crippen LogP contribution >= 0.6 is 11.6 Å². The number of nitrogens with zero attached hydrogens (tertiary/aromatic N) is 2. The number of halogens is 2. The predicted molar refractivity (Wildman–Crippen MR) is 122 cm³/mol. The van der Waals surface area contributed by atoms with Crippen molar-refractivity contribution in [3.63, 3.8) is 0 Å². The van der Waals surface area contributed by atoms with Crippen LogP contribution in [0.4, 0.5) is 15.8 Å². The highest BCUT2D eigenvalue weighted by Gasteiger charge is 2.53. The molecule has 2 aromatic carbocycles. The van der Waals surface area contributed by atoms with E-state index >= 15 is 0 Å². The summed E-state index contributed by atoms with van der Waals surface area (Å²) in [5.41, 5.74) is 4.42. The summed E-state index contributed by atoms with van der Waals surface area (Å²) < 4.78 is 13.8. The lowest BCUT2D eigenvalue weighted by molar-refractivity contribution is 0.00365. The van der Waals surface area contributed by atoms with E-state index < -0.39 is 0 Å². The highest BCUT2D eigenvalue weighted by atomic mass is 35.5. The summed E-state index contributed by atoms with van der Waals surface area (Å²) in [6.45, 7) is 8.60. The van der Waals surface area contributed by atoms with Crippen molar-refractivity contribution in [1.29, 1.82) is 0 Å². The molecule has 0 radical (unpaired) electrons. The Morgan fingerprint density at radius 1 is 1.20 bits per heavy atom. The minimum Gasteiger partial charge on any atom is -0.370 e. The molecule has 1 aromatic heterocycles. The van der Waals surface area contributed by atoms with Crippen molar-refractivity contribution in [3.8, 4) is 0 Å². The molecule has 0 amide bonds. The van der Waals surface area contributed by atoms with Gasteiger partial charge in [-0.05, 0) is 73.2 Å². The van der Waals surface area contributed by atoms with Crippen LogP contribution in [0, 0.1) is 23.1 Å². The fourth-order valence-electron chi connectivity index (χ4n) is 5.09. The van der Waals surface area contributed by atoms with E-state index in [0.717, 1.165) is 46.1 Å². The van der Waals surface area contributed by atoms with Crippen molar-refractivity contribution in [1.82, 2.24) is 4.98 Å². The number of aromatic nitrogens is 1. The summed E-state index contributed by atoms with van der Waals surface area (Å²) >= 11 is 5.97. The van der Waals surface area contributed by atoms with Crippen LogP contribution in [0.2, 0.25) is 5.02 Å². The van der Waals surface area contributed by atoms with Crippen molar-refractivity contribution in [2.45, 2.75) is 19.8 Å². The predicted octanol–water partition coefficient (Wildman–Crippen LogP) is 6.51. The second-order valence-electron chi connectivity index (χ2n) is 8.96. The first-order chi connectivity index (χ1) is 14.4. The van der Waals surface area contributed by atoms with Crippen LogP contribution in [-0.4, -0.2) is 18.1 Å². The molecule has 3 aromatic rings. The van der Waals surface area contributed by atoms with Crippen molar-refractivity contribution in [3.05, 3.63) is 77.8 Å². The fraction of sp³-hybridized carbons (Fsp3) is 0.320. The zero-order chi connectivity index (χ0) is 20.9. The minimum atomic E-state index is -0.212. The normalized spacial score (nSPS) is 18.7. The molecule has 1 aliphatic heterocycles. The third kappa shape index (κ3) is 3.43. The second kappa shape index (κ2) is 7.28. The van der Waals surface area contributed by atoms with E-state index in [1.165, 1.54) is 18.9 Å². The van der Waals surface area contributed by atoms with Gasteiger partial charge in [0, 0.05) is 52.2 Å². The van der Waals surface area contributed by atoms with Gasteiger partial charge in [-0.1, -0.05) is 25.1 Å². The van der Waals surface area contributed by atoms with Crippen LogP contribution in [0.25, 0.3) is 10.9 Å². The Hall–Kier alpha value is -2.59. The molecule has 1 saturated heterocycles. The van der Waals surface area contributed by atoms with Gasteiger partial charge in [0.15, 0.2) is 0 Å². The first-order valence-corrected chi connectivity index (χ1v) is 10.8. The summed E-state index contributed by atoms with van der Waals surface area (Å²) in [7, 11) is 0. The van der Waals surface area contributed by atoms with E-state index in [4.69, 9.17) is 11.6 Å². The zero-order valence-corrected chi connectivity index (χ0v) is 17.8. The first kappa shape index (κ1) is 19.4. The van der Waals surface area contributed by atoms with Crippen molar-refractivity contribution < 1.29 is 4.39 Å². The molecule has 30 heavy (non-hydrogen) atoms. The monoisotopic (exact) mass is 421 g/mol. The molecule has 1 atom stereocenters. The van der Waals surface area contributed by atoms with E-state index in [1.807, 2.05) is 36.5 Å². The van der Waals surface area contributed by atoms with E-state index in [2.05, 4.69) is 28.7 Å². The van der Waals surface area contributed by atoms with Gasteiger partial charge < -0.3 is 10.2 Å². The third-order valence-corrected chi connectivity index (χ3v) is 7.12. The Labute approximate surface area is 181 Å². The molecule has 1 unspecified atom stereocenters. The molecule has 1 aliphatic carbocycles. The Morgan fingerprint density at radius 3 is 2.67 bits per heavy atom. The molecule has 1 saturated carbocycles. The number of hydrogen-bond acceptors (Lipinski definition) is 3. The summed E-state index contributed by atoms with van der Waals surface area (Å²) in [5, 5.41) is 5.07. The number of anilines is 2. The number of nitrogens with one attached hydrogen (secondary N) is 1.